The minimum atomic E-state index is -4.39. The molecule has 1 aromatic rings. The number of rotatable bonds is 7. The van der Waals surface area contributed by atoms with E-state index in [9.17, 15) is 22.4 Å². The summed E-state index contributed by atoms with van der Waals surface area (Å²) in [6, 6.07) is 3.62. The van der Waals surface area contributed by atoms with Crippen LogP contribution in [0.5, 0.6) is 5.75 Å². The number of hydrogen-bond acceptors (Lipinski definition) is 5. The maximum Gasteiger partial charge on any atom is 0.250 e. The summed E-state index contributed by atoms with van der Waals surface area (Å²) in [5.41, 5.74) is 3.77. The summed E-state index contributed by atoms with van der Waals surface area (Å²) in [5.74, 6) is -1.08. The average molecular weight is 482 g/mol. The zero-order chi connectivity index (χ0) is 24.3. The number of sulfonamides is 1. The van der Waals surface area contributed by atoms with E-state index in [1.165, 1.54) is 40.1 Å². The third kappa shape index (κ3) is 3.71. The molecule has 2 amide bonds. The second kappa shape index (κ2) is 7.94. The highest BCUT2D eigenvalue weighted by Gasteiger charge is 2.58. The molecule has 10 heteroatoms. The van der Waals surface area contributed by atoms with Crippen molar-refractivity contribution < 1.29 is 27.1 Å². The molecular formula is C23H32FN3O5S. The molecule has 4 bridgehead atoms. The van der Waals surface area contributed by atoms with Crippen molar-refractivity contribution in [1.82, 2.24) is 9.62 Å². The molecule has 4 aliphatic carbocycles. The van der Waals surface area contributed by atoms with Gasteiger partial charge < -0.3 is 15.8 Å². The zero-order valence-corrected chi connectivity index (χ0v) is 20.2. The van der Waals surface area contributed by atoms with Crippen molar-refractivity contribution in [2.75, 3.05) is 14.2 Å². The molecule has 2 atom stereocenters. The monoisotopic (exact) mass is 481 g/mol. The number of methoxy groups -OCH3 is 1. The lowest BCUT2D eigenvalue weighted by atomic mass is 9.47. The van der Waals surface area contributed by atoms with Crippen LogP contribution in [0.4, 0.5) is 4.39 Å². The van der Waals surface area contributed by atoms with Gasteiger partial charge in [0, 0.05) is 18.5 Å². The van der Waals surface area contributed by atoms with E-state index < -0.39 is 37.6 Å². The Morgan fingerprint density at radius 2 is 1.82 bits per heavy atom. The molecule has 4 saturated carbocycles. The Bertz CT molecular complexity index is 1070. The van der Waals surface area contributed by atoms with Crippen molar-refractivity contribution in [2.45, 2.75) is 62.4 Å². The van der Waals surface area contributed by atoms with Gasteiger partial charge in [-0.25, -0.2) is 12.8 Å². The predicted octanol–water partition coefficient (Wildman–Crippen LogP) is 2.03. The van der Waals surface area contributed by atoms with Crippen molar-refractivity contribution in [3.8, 4) is 5.75 Å². The number of nitrogens with one attached hydrogen (secondary N) is 1. The van der Waals surface area contributed by atoms with E-state index in [2.05, 4.69) is 5.32 Å². The summed E-state index contributed by atoms with van der Waals surface area (Å²) in [5, 5.41) is 3.08. The molecule has 0 aromatic heterocycles. The number of benzene rings is 1. The second-order valence-corrected chi connectivity index (χ2v) is 12.3. The first kappa shape index (κ1) is 23.9. The van der Waals surface area contributed by atoms with Crippen LogP contribution in [0.15, 0.2) is 23.1 Å². The minimum Gasteiger partial charge on any atom is -0.495 e. The number of amides is 2. The lowest BCUT2D eigenvalue weighted by Crippen LogP contribution is -2.65. The molecule has 8 nitrogen and oxygen atoms in total. The molecule has 0 aliphatic heterocycles. The maximum absolute atomic E-state index is 14.5. The van der Waals surface area contributed by atoms with Gasteiger partial charge in [-0.1, -0.05) is 6.07 Å². The molecule has 3 N–H and O–H groups in total. The molecule has 0 heterocycles. The molecule has 4 fully saturated rings. The van der Waals surface area contributed by atoms with Crippen LogP contribution in [-0.4, -0.2) is 50.3 Å². The third-order valence-corrected chi connectivity index (χ3v) is 10.3. The molecule has 0 spiro atoms. The average Bonchev–Trinajstić information content (AvgIpc) is 2.74. The van der Waals surface area contributed by atoms with Gasteiger partial charge in [-0.15, -0.1) is 0 Å². The predicted molar refractivity (Wildman–Crippen MR) is 119 cm³/mol. The van der Waals surface area contributed by atoms with Crippen molar-refractivity contribution in [2.24, 2.45) is 28.9 Å². The number of halogens is 1. The van der Waals surface area contributed by atoms with Crippen LogP contribution < -0.4 is 15.8 Å². The Hall–Kier alpha value is -2.20. The van der Waals surface area contributed by atoms with Gasteiger partial charge in [0.05, 0.1) is 7.11 Å². The first-order valence-corrected chi connectivity index (χ1v) is 12.7. The Morgan fingerprint density at radius 3 is 2.36 bits per heavy atom. The van der Waals surface area contributed by atoms with E-state index in [1.54, 1.807) is 0 Å². The molecule has 182 valence electrons. The SMILES string of the molecule is COc1cccc(F)c1S(=O)(=O)N(C)C(C)(C)C(=O)NC1C2CC3CC1CC(C(N)=O)(C3)C2. The number of primary amides is 1. The smallest absolute Gasteiger partial charge is 0.250 e. The highest BCUT2D eigenvalue weighted by atomic mass is 32.2. The van der Waals surface area contributed by atoms with E-state index in [0.717, 1.165) is 29.6 Å². The molecule has 0 radical (unpaired) electrons. The summed E-state index contributed by atoms with van der Waals surface area (Å²) in [6.45, 7) is 2.99. The van der Waals surface area contributed by atoms with Crippen LogP contribution in [0.25, 0.3) is 0 Å². The number of hydrogen-bond donors (Lipinski definition) is 2. The first-order valence-electron chi connectivity index (χ1n) is 11.3. The number of carbonyl (C=O) groups is 2. The van der Waals surface area contributed by atoms with Gasteiger partial charge >= 0.3 is 0 Å². The minimum absolute atomic E-state index is 0.129. The molecule has 2 unspecified atom stereocenters. The van der Waals surface area contributed by atoms with Crippen molar-refractivity contribution in [1.29, 1.82) is 0 Å². The normalized spacial score (nSPS) is 31.0. The van der Waals surface area contributed by atoms with E-state index >= 15 is 0 Å². The molecule has 5 rings (SSSR count). The van der Waals surface area contributed by atoms with Gasteiger partial charge in [-0.3, -0.25) is 9.59 Å². The van der Waals surface area contributed by atoms with Crippen molar-refractivity contribution in [3.05, 3.63) is 24.0 Å². The first-order chi connectivity index (χ1) is 15.3. The van der Waals surface area contributed by atoms with Crippen molar-refractivity contribution in [3.63, 3.8) is 0 Å². The Morgan fingerprint density at radius 1 is 1.21 bits per heavy atom. The molecule has 4 aliphatic rings. The van der Waals surface area contributed by atoms with Gasteiger partial charge in [0.25, 0.3) is 0 Å². The van der Waals surface area contributed by atoms with E-state index in [-0.39, 0.29) is 29.5 Å². The van der Waals surface area contributed by atoms with Crippen molar-refractivity contribution >= 4 is 21.8 Å². The van der Waals surface area contributed by atoms with Gasteiger partial charge in [0.15, 0.2) is 4.90 Å². The van der Waals surface area contributed by atoms with Crippen LogP contribution >= 0.6 is 0 Å². The van der Waals surface area contributed by atoms with Gasteiger partial charge in [0.2, 0.25) is 21.8 Å². The zero-order valence-electron chi connectivity index (χ0n) is 19.4. The lowest BCUT2D eigenvalue weighted by Gasteiger charge is -2.59. The molecular weight excluding hydrogens is 449 g/mol. The van der Waals surface area contributed by atoms with Gasteiger partial charge in [0.1, 0.15) is 17.1 Å². The highest BCUT2D eigenvalue weighted by molar-refractivity contribution is 7.89. The number of nitrogens with zero attached hydrogens (tertiary/aromatic N) is 1. The van der Waals surface area contributed by atoms with E-state index in [1.807, 2.05) is 0 Å². The summed E-state index contributed by atoms with van der Waals surface area (Å²) < 4.78 is 47.1. The third-order valence-electron chi connectivity index (χ3n) is 8.21. The Balaban J connectivity index is 1.56. The topological polar surface area (TPSA) is 119 Å². The fraction of sp³-hybridized carbons (Fsp3) is 0.652. The van der Waals surface area contributed by atoms with Gasteiger partial charge in [-0.2, -0.15) is 4.31 Å². The Labute approximate surface area is 194 Å². The van der Waals surface area contributed by atoms with Crippen LogP contribution in [0.3, 0.4) is 0 Å². The van der Waals surface area contributed by atoms with Crippen LogP contribution in [-0.2, 0) is 19.6 Å². The standard InChI is InChI=1S/C23H32FN3O5S/c1-22(2,27(3)33(30,31)19-16(24)6-5-7-17(19)32-4)21(29)26-18-14-8-13-9-15(18)12-23(10-13,11-14)20(25)28/h5-7,13-15,18H,8-12H2,1-4H3,(H2,25,28)(H,26,29). The summed E-state index contributed by atoms with van der Waals surface area (Å²) in [7, 11) is -1.86. The largest absolute Gasteiger partial charge is 0.495 e. The number of carbonyl (C=O) groups excluding carboxylic acids is 2. The maximum atomic E-state index is 14.5. The van der Waals surface area contributed by atoms with Crippen LogP contribution in [0.2, 0.25) is 0 Å². The number of ether oxygens (including phenoxy) is 1. The van der Waals surface area contributed by atoms with Crippen LogP contribution in [0.1, 0.15) is 46.0 Å². The van der Waals surface area contributed by atoms with E-state index in [0.29, 0.717) is 18.8 Å². The fourth-order valence-corrected chi connectivity index (χ4v) is 8.05. The highest BCUT2D eigenvalue weighted by Crippen LogP contribution is 2.60. The summed E-state index contributed by atoms with van der Waals surface area (Å²) >= 11 is 0. The van der Waals surface area contributed by atoms with Crippen LogP contribution in [0, 0.1) is 29.0 Å². The summed E-state index contributed by atoms with van der Waals surface area (Å²) in [6.07, 6.45) is 3.99. The fourth-order valence-electron chi connectivity index (χ4n) is 6.37. The van der Waals surface area contributed by atoms with Gasteiger partial charge in [-0.05, 0) is 75.8 Å². The lowest BCUT2D eigenvalue weighted by molar-refractivity contribution is -0.148. The second-order valence-electron chi connectivity index (χ2n) is 10.4. The molecule has 33 heavy (non-hydrogen) atoms. The number of nitrogens with two attached hydrogens (primary N) is 1. The summed E-state index contributed by atoms with van der Waals surface area (Å²) in [4.78, 5) is 25.0. The Kier molecular flexibility index (Phi) is 5.76. The molecule has 1 aromatic carbocycles. The number of likely N-dealkylation sites (N-methyl/N-ethyl adjacent to an activating group) is 1. The quantitative estimate of drug-likeness (QED) is 0.618. The van der Waals surface area contributed by atoms with E-state index in [4.69, 9.17) is 10.5 Å². The molecule has 0 saturated heterocycles.